The number of carboxylic acid groups (broad SMARTS) is 1. The van der Waals surface area contributed by atoms with E-state index < -0.39 is 18.0 Å². The summed E-state index contributed by atoms with van der Waals surface area (Å²) >= 11 is 5.88. The van der Waals surface area contributed by atoms with E-state index >= 15 is 0 Å². The largest absolute Gasteiger partial charge is 0.480 e. The Morgan fingerprint density at radius 3 is 2.56 bits per heavy atom. The van der Waals surface area contributed by atoms with Crippen molar-refractivity contribution in [3.63, 3.8) is 0 Å². The topological polar surface area (TPSA) is 78.4 Å². The number of amides is 2. The van der Waals surface area contributed by atoms with Crippen molar-refractivity contribution in [1.82, 2.24) is 5.32 Å². The van der Waals surface area contributed by atoms with Crippen LogP contribution >= 0.6 is 11.6 Å². The van der Waals surface area contributed by atoms with Gasteiger partial charge >= 0.3 is 12.0 Å². The van der Waals surface area contributed by atoms with Crippen molar-refractivity contribution in [2.75, 3.05) is 5.32 Å². The maximum absolute atomic E-state index is 11.7. The maximum atomic E-state index is 11.7. The first-order valence-electron chi connectivity index (χ1n) is 5.63. The highest BCUT2D eigenvalue weighted by Crippen LogP contribution is 2.32. The Hall–Kier alpha value is -1.75. The first-order valence-corrected chi connectivity index (χ1v) is 6.00. The minimum absolute atomic E-state index is 0.0412. The van der Waals surface area contributed by atoms with E-state index in [2.05, 4.69) is 10.6 Å². The van der Waals surface area contributed by atoms with Gasteiger partial charge in [-0.1, -0.05) is 23.7 Å². The van der Waals surface area contributed by atoms with Gasteiger partial charge in [-0.05, 0) is 30.9 Å². The normalized spacial score (nSPS) is 15.8. The molecule has 1 aliphatic carbocycles. The molecule has 0 saturated heterocycles. The predicted molar refractivity (Wildman–Crippen MR) is 67.8 cm³/mol. The Morgan fingerprint density at radius 2 is 2.00 bits per heavy atom. The van der Waals surface area contributed by atoms with Gasteiger partial charge in [0.25, 0.3) is 0 Å². The Morgan fingerprint density at radius 1 is 1.33 bits per heavy atom. The van der Waals surface area contributed by atoms with Crippen molar-refractivity contribution in [1.29, 1.82) is 0 Å². The molecule has 0 heterocycles. The van der Waals surface area contributed by atoms with Gasteiger partial charge in [-0.2, -0.15) is 0 Å². The van der Waals surface area contributed by atoms with Crippen LogP contribution in [0, 0.1) is 5.92 Å². The van der Waals surface area contributed by atoms with E-state index in [1.807, 2.05) is 0 Å². The zero-order chi connectivity index (χ0) is 13.1. The van der Waals surface area contributed by atoms with Gasteiger partial charge in [-0.3, -0.25) is 0 Å². The van der Waals surface area contributed by atoms with Gasteiger partial charge in [0.2, 0.25) is 0 Å². The summed E-state index contributed by atoms with van der Waals surface area (Å²) in [5, 5.41) is 14.4. The number of rotatable bonds is 4. The molecule has 1 atom stereocenters. The second-order valence-electron chi connectivity index (χ2n) is 4.23. The molecular weight excluding hydrogens is 256 g/mol. The first-order chi connectivity index (χ1) is 8.58. The molecular formula is C12H13ClN2O3. The van der Waals surface area contributed by atoms with Crippen LogP contribution in [-0.2, 0) is 4.79 Å². The van der Waals surface area contributed by atoms with Crippen LogP contribution in [0.3, 0.4) is 0 Å². The van der Waals surface area contributed by atoms with Crippen LogP contribution < -0.4 is 10.6 Å². The smallest absolute Gasteiger partial charge is 0.326 e. The molecule has 1 unspecified atom stereocenters. The molecule has 3 N–H and O–H groups in total. The quantitative estimate of drug-likeness (QED) is 0.784. The lowest BCUT2D eigenvalue weighted by atomic mass is 10.2. The van der Waals surface area contributed by atoms with Crippen LogP contribution in [-0.4, -0.2) is 23.1 Å². The van der Waals surface area contributed by atoms with Crippen molar-refractivity contribution < 1.29 is 14.7 Å². The highest BCUT2D eigenvalue weighted by Gasteiger charge is 2.37. The van der Waals surface area contributed by atoms with Crippen LogP contribution in [0.2, 0.25) is 5.02 Å². The fourth-order valence-corrected chi connectivity index (χ4v) is 1.86. The molecule has 6 heteroatoms. The minimum Gasteiger partial charge on any atom is -0.480 e. The monoisotopic (exact) mass is 268 g/mol. The fourth-order valence-electron chi connectivity index (χ4n) is 1.67. The summed E-state index contributed by atoms with van der Waals surface area (Å²) in [6.07, 6.45) is 1.67. The fraction of sp³-hybridized carbons (Fsp3) is 0.333. The van der Waals surface area contributed by atoms with E-state index in [1.54, 1.807) is 24.3 Å². The second kappa shape index (κ2) is 5.27. The van der Waals surface area contributed by atoms with Crippen LogP contribution in [0.25, 0.3) is 0 Å². The van der Waals surface area contributed by atoms with Crippen molar-refractivity contribution in [2.24, 2.45) is 5.92 Å². The molecule has 0 radical (unpaired) electrons. The molecule has 1 aromatic rings. The third-order valence-corrected chi connectivity index (χ3v) is 3.10. The lowest BCUT2D eigenvalue weighted by Crippen LogP contribution is -2.44. The summed E-state index contributed by atoms with van der Waals surface area (Å²) < 4.78 is 0. The van der Waals surface area contributed by atoms with Gasteiger partial charge in [0.05, 0.1) is 10.7 Å². The number of carbonyl (C=O) groups is 2. The van der Waals surface area contributed by atoms with E-state index in [9.17, 15) is 9.59 Å². The van der Waals surface area contributed by atoms with Gasteiger partial charge in [0.1, 0.15) is 6.04 Å². The van der Waals surface area contributed by atoms with Crippen LogP contribution in [0.5, 0.6) is 0 Å². The van der Waals surface area contributed by atoms with E-state index in [0.717, 1.165) is 12.8 Å². The average Bonchev–Trinajstić information content (AvgIpc) is 3.13. The number of nitrogens with one attached hydrogen (secondary N) is 2. The molecule has 0 spiro atoms. The molecule has 18 heavy (non-hydrogen) atoms. The summed E-state index contributed by atoms with van der Waals surface area (Å²) in [4.78, 5) is 22.6. The second-order valence-corrected chi connectivity index (χ2v) is 4.64. The number of carboxylic acids is 1. The van der Waals surface area contributed by atoms with Gasteiger partial charge in [-0.15, -0.1) is 0 Å². The Bertz CT molecular complexity index is 474. The number of aliphatic carboxylic acids is 1. The molecule has 2 amide bonds. The van der Waals surface area contributed by atoms with Crippen LogP contribution in [0.15, 0.2) is 24.3 Å². The molecule has 1 fully saturated rings. The van der Waals surface area contributed by atoms with Gasteiger partial charge in [0, 0.05) is 0 Å². The number of benzene rings is 1. The van der Waals surface area contributed by atoms with Crippen molar-refractivity contribution in [2.45, 2.75) is 18.9 Å². The molecule has 0 aliphatic heterocycles. The summed E-state index contributed by atoms with van der Waals surface area (Å²) in [5.41, 5.74) is 0.455. The lowest BCUT2D eigenvalue weighted by molar-refractivity contribution is -0.139. The number of carbonyl (C=O) groups excluding carboxylic acids is 1. The van der Waals surface area contributed by atoms with Gasteiger partial charge < -0.3 is 15.7 Å². The predicted octanol–water partition coefficient (Wildman–Crippen LogP) is 2.32. The average molecular weight is 269 g/mol. The summed E-state index contributed by atoms with van der Waals surface area (Å²) in [6, 6.07) is 5.39. The van der Waals surface area contributed by atoms with E-state index in [-0.39, 0.29) is 5.92 Å². The molecule has 1 aliphatic rings. The third kappa shape index (κ3) is 3.13. The zero-order valence-electron chi connectivity index (χ0n) is 9.52. The maximum Gasteiger partial charge on any atom is 0.326 e. The molecule has 0 bridgehead atoms. The number of anilines is 1. The molecule has 96 valence electrons. The summed E-state index contributed by atoms with van der Waals surface area (Å²) in [5.74, 6) is -0.966. The zero-order valence-corrected chi connectivity index (χ0v) is 10.3. The van der Waals surface area contributed by atoms with Crippen molar-refractivity contribution in [3.05, 3.63) is 29.3 Å². The Kier molecular flexibility index (Phi) is 3.72. The SMILES string of the molecule is O=C(Nc1ccccc1Cl)NC(C(=O)O)C1CC1. The van der Waals surface area contributed by atoms with Crippen molar-refractivity contribution in [3.8, 4) is 0 Å². The molecule has 1 saturated carbocycles. The lowest BCUT2D eigenvalue weighted by Gasteiger charge is -2.14. The third-order valence-electron chi connectivity index (χ3n) is 2.77. The number of hydrogen-bond donors (Lipinski definition) is 3. The van der Waals surface area contributed by atoms with Crippen molar-refractivity contribution >= 4 is 29.3 Å². The first kappa shape index (κ1) is 12.7. The molecule has 2 rings (SSSR count). The van der Waals surface area contributed by atoms with E-state index in [4.69, 9.17) is 16.7 Å². The molecule has 0 aromatic heterocycles. The highest BCUT2D eigenvalue weighted by atomic mass is 35.5. The molecule has 5 nitrogen and oxygen atoms in total. The van der Waals surface area contributed by atoms with E-state index in [0.29, 0.717) is 10.7 Å². The summed E-state index contributed by atoms with van der Waals surface area (Å²) in [7, 11) is 0. The molecule has 1 aromatic carbocycles. The summed E-state index contributed by atoms with van der Waals surface area (Å²) in [6.45, 7) is 0. The Balaban J connectivity index is 1.96. The van der Waals surface area contributed by atoms with Gasteiger partial charge in [-0.25, -0.2) is 9.59 Å². The number of hydrogen-bond acceptors (Lipinski definition) is 2. The number of urea groups is 1. The minimum atomic E-state index is -1.01. The highest BCUT2D eigenvalue weighted by molar-refractivity contribution is 6.33. The van der Waals surface area contributed by atoms with E-state index in [1.165, 1.54) is 0 Å². The van der Waals surface area contributed by atoms with Crippen LogP contribution in [0.1, 0.15) is 12.8 Å². The number of para-hydroxylation sites is 1. The number of halogens is 1. The van der Waals surface area contributed by atoms with Gasteiger partial charge in [0.15, 0.2) is 0 Å². The Labute approximate surface area is 109 Å². The standard InChI is InChI=1S/C12H13ClN2O3/c13-8-3-1-2-4-9(8)14-12(18)15-10(11(16)17)7-5-6-7/h1-4,7,10H,5-6H2,(H,16,17)(H2,14,15,18). The van der Waals surface area contributed by atoms with Crippen LogP contribution in [0.4, 0.5) is 10.5 Å².